The molecule has 0 unspecified atom stereocenters. The molecule has 41 heavy (non-hydrogen) atoms. The largest absolute Gasteiger partial charge is 0.444 e. The molecule has 2 amide bonds. The van der Waals surface area contributed by atoms with Crippen molar-refractivity contribution in [1.82, 2.24) is 20.1 Å². The van der Waals surface area contributed by atoms with E-state index in [-0.39, 0.29) is 17.6 Å². The summed E-state index contributed by atoms with van der Waals surface area (Å²) < 4.78 is 13.5. The van der Waals surface area contributed by atoms with Gasteiger partial charge in [0, 0.05) is 22.5 Å². The summed E-state index contributed by atoms with van der Waals surface area (Å²) in [5.41, 5.74) is 9.40. The van der Waals surface area contributed by atoms with E-state index in [1.807, 2.05) is 45.4 Å². The van der Waals surface area contributed by atoms with E-state index in [4.69, 9.17) is 20.3 Å². The maximum atomic E-state index is 13.6. The fourth-order valence-corrected chi connectivity index (χ4v) is 5.84. The summed E-state index contributed by atoms with van der Waals surface area (Å²) >= 11 is 0. The van der Waals surface area contributed by atoms with Gasteiger partial charge < -0.3 is 25.8 Å². The summed E-state index contributed by atoms with van der Waals surface area (Å²) in [6.45, 7) is 18.7. The Bertz CT molecular complexity index is 1260. The standard InChI is InChI=1S/C30H48N6O4Si/c1-17-24(18(2)36(35-17)16-39-19(3)41(7,8)9)22-14-15-23(32-27(22)31)33-28(37)26(34-29(38)40-30(4,5)6)25(20-10-11-20)21-12-13-21/h14-15,19-21,25-26H,10-13,16H2,1-9H3,(H,34,38)(H3,31,32,33,37)/t19-,26-/m0/s1. The van der Waals surface area contributed by atoms with Crippen LogP contribution in [-0.4, -0.2) is 52.2 Å². The fourth-order valence-electron chi connectivity index (χ4n) is 5.27. The highest BCUT2D eigenvalue weighted by molar-refractivity contribution is 6.77. The first kappa shape index (κ1) is 31.0. The third-order valence-corrected chi connectivity index (χ3v) is 10.8. The molecule has 2 aliphatic carbocycles. The predicted octanol–water partition coefficient (Wildman–Crippen LogP) is 5.65. The van der Waals surface area contributed by atoms with Gasteiger partial charge in [0.1, 0.15) is 30.0 Å². The first-order valence-electron chi connectivity index (χ1n) is 14.8. The van der Waals surface area contributed by atoms with Gasteiger partial charge in [0.05, 0.1) is 13.8 Å². The van der Waals surface area contributed by atoms with Crippen molar-refractivity contribution in [2.24, 2.45) is 17.8 Å². The van der Waals surface area contributed by atoms with Gasteiger partial charge in [-0.2, -0.15) is 5.10 Å². The molecular formula is C30H48N6O4Si. The first-order chi connectivity index (χ1) is 19.0. The molecule has 2 aliphatic rings. The zero-order valence-corrected chi connectivity index (χ0v) is 27.1. The molecule has 2 atom stereocenters. The maximum Gasteiger partial charge on any atom is 0.408 e. The molecule has 4 N–H and O–H groups in total. The van der Waals surface area contributed by atoms with E-state index in [9.17, 15) is 9.59 Å². The van der Waals surface area contributed by atoms with Crippen molar-refractivity contribution in [2.45, 2.75) is 111 Å². The van der Waals surface area contributed by atoms with Crippen molar-refractivity contribution in [1.29, 1.82) is 0 Å². The lowest BCUT2D eigenvalue weighted by Gasteiger charge is -2.29. The number of carbonyl (C=O) groups excluding carboxylic acids is 2. The number of hydrogen-bond donors (Lipinski definition) is 3. The molecule has 226 valence electrons. The normalized spacial score (nSPS) is 17.3. The second-order valence-electron chi connectivity index (χ2n) is 13.8. The number of amides is 2. The molecule has 0 saturated heterocycles. The van der Waals surface area contributed by atoms with E-state index in [0.717, 1.165) is 48.2 Å². The molecule has 2 aromatic heterocycles. The molecule has 11 heteroatoms. The summed E-state index contributed by atoms with van der Waals surface area (Å²) in [5.74, 6) is 1.30. The molecule has 4 rings (SSSR count). The third-order valence-electron chi connectivity index (χ3n) is 8.17. The van der Waals surface area contributed by atoms with Gasteiger partial charge in [-0.1, -0.05) is 19.6 Å². The van der Waals surface area contributed by atoms with Crippen molar-refractivity contribution in [3.8, 4) is 11.1 Å². The molecule has 0 bridgehead atoms. The highest BCUT2D eigenvalue weighted by Crippen LogP contribution is 2.51. The SMILES string of the molecule is Cc1nn(CO[C@H](C)[Si](C)(C)C)c(C)c1-c1ccc(NC(=O)[C@@H](NC(=O)OC(C)(C)C)C(C2CC2)C2CC2)nc1N. The number of aromatic nitrogens is 3. The number of alkyl carbamates (subject to hydrolysis) is 1. The fraction of sp³-hybridized carbons (Fsp3) is 0.667. The number of nitrogens with two attached hydrogens (primary N) is 1. The maximum absolute atomic E-state index is 13.6. The zero-order chi connectivity index (χ0) is 30.3. The summed E-state index contributed by atoms with van der Waals surface area (Å²) in [7, 11) is -1.43. The second-order valence-corrected chi connectivity index (χ2v) is 19.4. The highest BCUT2D eigenvalue weighted by atomic mass is 28.3. The van der Waals surface area contributed by atoms with E-state index < -0.39 is 25.8 Å². The summed E-state index contributed by atoms with van der Waals surface area (Å²) in [6, 6.07) is 2.91. The second kappa shape index (κ2) is 11.8. The Hall–Kier alpha value is -2.92. The molecule has 2 aromatic rings. The minimum absolute atomic E-state index is 0.0844. The molecule has 0 radical (unpaired) electrons. The number of nitrogen functional groups attached to an aromatic ring is 1. The molecule has 2 saturated carbocycles. The Balaban J connectivity index is 1.51. The lowest BCUT2D eigenvalue weighted by Crippen LogP contribution is -2.51. The van der Waals surface area contributed by atoms with Crippen LogP contribution in [0.5, 0.6) is 0 Å². The van der Waals surface area contributed by atoms with Crippen LogP contribution in [0.3, 0.4) is 0 Å². The van der Waals surface area contributed by atoms with Crippen molar-refractivity contribution >= 4 is 31.7 Å². The molecule has 2 heterocycles. The number of rotatable bonds is 11. The zero-order valence-electron chi connectivity index (χ0n) is 26.1. The highest BCUT2D eigenvalue weighted by Gasteiger charge is 2.48. The Kier molecular flexibility index (Phi) is 8.89. The molecule has 0 aliphatic heterocycles. The molecule has 10 nitrogen and oxygen atoms in total. The van der Waals surface area contributed by atoms with Gasteiger partial charge >= 0.3 is 6.09 Å². The average Bonchev–Trinajstić information content (AvgIpc) is 3.76. The van der Waals surface area contributed by atoms with E-state index in [0.29, 0.717) is 30.2 Å². The number of anilines is 2. The minimum atomic E-state index is -1.43. The van der Waals surface area contributed by atoms with E-state index in [2.05, 4.69) is 42.2 Å². The molecule has 0 spiro atoms. The Morgan fingerprint density at radius 3 is 2.24 bits per heavy atom. The van der Waals surface area contributed by atoms with Crippen LogP contribution in [0.1, 0.15) is 64.8 Å². The summed E-state index contributed by atoms with van der Waals surface area (Å²) in [5, 5.41) is 10.5. The summed E-state index contributed by atoms with van der Waals surface area (Å²) in [6.07, 6.45) is 3.73. The number of ether oxygens (including phenoxy) is 2. The molecule has 0 aromatic carbocycles. The van der Waals surface area contributed by atoms with Crippen LogP contribution >= 0.6 is 0 Å². The Labute approximate surface area is 245 Å². The molecular weight excluding hydrogens is 536 g/mol. The summed E-state index contributed by atoms with van der Waals surface area (Å²) in [4.78, 5) is 30.8. The third kappa shape index (κ3) is 7.88. The lowest BCUT2D eigenvalue weighted by molar-refractivity contribution is -0.120. The Morgan fingerprint density at radius 1 is 1.12 bits per heavy atom. The number of carbonyl (C=O) groups is 2. The van der Waals surface area contributed by atoms with Crippen LogP contribution in [0.15, 0.2) is 12.1 Å². The van der Waals surface area contributed by atoms with Crippen LogP contribution in [0.2, 0.25) is 19.6 Å². The monoisotopic (exact) mass is 584 g/mol. The van der Waals surface area contributed by atoms with Gasteiger partial charge in [-0.15, -0.1) is 0 Å². The topological polar surface area (TPSA) is 133 Å². The van der Waals surface area contributed by atoms with Crippen LogP contribution in [0.4, 0.5) is 16.4 Å². The lowest BCUT2D eigenvalue weighted by atomic mass is 9.89. The van der Waals surface area contributed by atoms with Gasteiger partial charge in [0.25, 0.3) is 0 Å². The van der Waals surface area contributed by atoms with Crippen LogP contribution < -0.4 is 16.4 Å². The van der Waals surface area contributed by atoms with Crippen LogP contribution in [0.25, 0.3) is 11.1 Å². The first-order valence-corrected chi connectivity index (χ1v) is 18.4. The minimum Gasteiger partial charge on any atom is -0.444 e. The van der Waals surface area contributed by atoms with E-state index in [1.54, 1.807) is 6.07 Å². The van der Waals surface area contributed by atoms with Gasteiger partial charge in [0.2, 0.25) is 5.91 Å². The quantitative estimate of drug-likeness (QED) is 0.291. The van der Waals surface area contributed by atoms with Crippen molar-refractivity contribution in [3.05, 3.63) is 23.5 Å². The average molecular weight is 585 g/mol. The van der Waals surface area contributed by atoms with Gasteiger partial charge in [0.15, 0.2) is 0 Å². The van der Waals surface area contributed by atoms with E-state index in [1.165, 1.54) is 0 Å². The van der Waals surface area contributed by atoms with Crippen LogP contribution in [-0.2, 0) is 21.0 Å². The number of pyridine rings is 1. The Morgan fingerprint density at radius 2 is 1.73 bits per heavy atom. The molecule has 2 fully saturated rings. The van der Waals surface area contributed by atoms with Gasteiger partial charge in [-0.05, 0) is 97.1 Å². The van der Waals surface area contributed by atoms with Crippen molar-refractivity contribution in [2.75, 3.05) is 11.1 Å². The van der Waals surface area contributed by atoms with Gasteiger partial charge in [-0.3, -0.25) is 4.79 Å². The van der Waals surface area contributed by atoms with Crippen molar-refractivity contribution < 1.29 is 19.1 Å². The van der Waals surface area contributed by atoms with Gasteiger partial charge in [-0.25, -0.2) is 14.5 Å². The smallest absolute Gasteiger partial charge is 0.408 e. The number of nitrogens with one attached hydrogen (secondary N) is 2. The van der Waals surface area contributed by atoms with Crippen molar-refractivity contribution in [3.63, 3.8) is 0 Å². The number of nitrogens with zero attached hydrogens (tertiary/aromatic N) is 3. The number of aryl methyl sites for hydroxylation is 1. The predicted molar refractivity (Wildman–Crippen MR) is 164 cm³/mol. The number of hydrogen-bond acceptors (Lipinski definition) is 7. The van der Waals surface area contributed by atoms with E-state index >= 15 is 0 Å². The van der Waals surface area contributed by atoms with Crippen LogP contribution in [0, 0.1) is 31.6 Å².